The second kappa shape index (κ2) is 6.12. The van der Waals surface area contributed by atoms with E-state index in [4.69, 9.17) is 11.0 Å². The number of nitrogens with zero attached hydrogens (tertiary/aromatic N) is 1. The molecular formula is C10H10FN3O4S. The van der Waals surface area contributed by atoms with E-state index in [9.17, 15) is 17.6 Å². The number of nitrogens with one attached hydrogen (secondary N) is 2. The lowest BCUT2D eigenvalue weighted by molar-refractivity contribution is 0.253. The van der Waals surface area contributed by atoms with Crippen LogP contribution in [0.3, 0.4) is 0 Å². The van der Waals surface area contributed by atoms with E-state index in [1.165, 1.54) is 0 Å². The molecule has 9 heteroatoms. The SMILES string of the molecule is C#CCNC(=O)Nc1nccc(CS(=O)(=O)O)c1F. The van der Waals surface area contributed by atoms with E-state index in [1.54, 1.807) is 0 Å². The van der Waals surface area contributed by atoms with Gasteiger partial charge in [-0.1, -0.05) is 5.92 Å². The van der Waals surface area contributed by atoms with E-state index in [0.29, 0.717) is 0 Å². The zero-order chi connectivity index (χ0) is 14.5. The summed E-state index contributed by atoms with van der Waals surface area (Å²) < 4.78 is 43.8. The van der Waals surface area contributed by atoms with Crippen LogP contribution in [-0.2, 0) is 15.9 Å². The monoisotopic (exact) mass is 287 g/mol. The lowest BCUT2D eigenvalue weighted by Gasteiger charge is -2.08. The van der Waals surface area contributed by atoms with Crippen molar-refractivity contribution in [2.45, 2.75) is 5.75 Å². The normalized spacial score (nSPS) is 10.6. The van der Waals surface area contributed by atoms with Crippen LogP contribution in [0.2, 0.25) is 0 Å². The van der Waals surface area contributed by atoms with E-state index >= 15 is 0 Å². The number of rotatable bonds is 4. The Morgan fingerprint density at radius 1 is 1.58 bits per heavy atom. The molecule has 0 saturated heterocycles. The molecule has 0 saturated carbocycles. The number of pyridine rings is 1. The van der Waals surface area contributed by atoms with E-state index in [-0.39, 0.29) is 12.1 Å². The maximum atomic E-state index is 13.8. The molecule has 0 bridgehead atoms. The molecule has 19 heavy (non-hydrogen) atoms. The minimum atomic E-state index is -4.38. The van der Waals surface area contributed by atoms with Gasteiger partial charge < -0.3 is 5.32 Å². The van der Waals surface area contributed by atoms with Crippen LogP contribution >= 0.6 is 0 Å². The van der Waals surface area contributed by atoms with Gasteiger partial charge in [-0.15, -0.1) is 6.42 Å². The number of carbonyl (C=O) groups excluding carboxylic acids is 1. The highest BCUT2D eigenvalue weighted by atomic mass is 32.2. The summed E-state index contributed by atoms with van der Waals surface area (Å²) in [5.41, 5.74) is -0.315. The quantitative estimate of drug-likeness (QED) is 0.547. The fraction of sp³-hybridized carbons (Fsp3) is 0.200. The second-order valence-corrected chi connectivity index (χ2v) is 4.82. The number of hydrogen-bond acceptors (Lipinski definition) is 4. The van der Waals surface area contributed by atoms with Gasteiger partial charge in [-0.05, 0) is 6.07 Å². The molecule has 0 fully saturated rings. The van der Waals surface area contributed by atoms with Gasteiger partial charge in [0, 0.05) is 11.8 Å². The van der Waals surface area contributed by atoms with E-state index < -0.39 is 33.5 Å². The Balaban J connectivity index is 2.89. The summed E-state index contributed by atoms with van der Waals surface area (Å²) in [4.78, 5) is 14.8. The number of halogens is 1. The van der Waals surface area contributed by atoms with Crippen LogP contribution in [0, 0.1) is 18.2 Å². The molecule has 0 radical (unpaired) electrons. The molecule has 102 valence electrons. The van der Waals surface area contributed by atoms with Crippen molar-refractivity contribution in [2.75, 3.05) is 11.9 Å². The molecule has 0 aliphatic rings. The zero-order valence-electron chi connectivity index (χ0n) is 9.55. The van der Waals surface area contributed by atoms with Crippen LogP contribution in [-0.4, -0.2) is 30.5 Å². The molecule has 0 spiro atoms. The third kappa shape index (κ3) is 4.90. The molecule has 0 aliphatic carbocycles. The average molecular weight is 287 g/mol. The van der Waals surface area contributed by atoms with Gasteiger partial charge in [0.15, 0.2) is 11.6 Å². The Labute approximate surface area is 109 Å². The maximum Gasteiger partial charge on any atom is 0.321 e. The molecule has 0 aliphatic heterocycles. The van der Waals surface area contributed by atoms with Crippen molar-refractivity contribution in [2.24, 2.45) is 0 Å². The van der Waals surface area contributed by atoms with Crippen LogP contribution in [0.4, 0.5) is 15.0 Å². The van der Waals surface area contributed by atoms with Crippen LogP contribution in [0.1, 0.15) is 5.56 Å². The van der Waals surface area contributed by atoms with Crippen LogP contribution in [0.5, 0.6) is 0 Å². The summed E-state index contributed by atoms with van der Waals surface area (Å²) in [6.45, 7) is -0.0574. The second-order valence-electron chi connectivity index (χ2n) is 3.37. The Hall–Kier alpha value is -2.18. The van der Waals surface area contributed by atoms with Crippen molar-refractivity contribution in [1.29, 1.82) is 0 Å². The zero-order valence-corrected chi connectivity index (χ0v) is 10.4. The van der Waals surface area contributed by atoms with Crippen LogP contribution in [0.25, 0.3) is 0 Å². The number of terminal acetylenes is 1. The predicted octanol–water partition coefficient (Wildman–Crippen LogP) is 0.363. The van der Waals surface area contributed by atoms with E-state index in [1.807, 2.05) is 0 Å². The summed E-state index contributed by atoms with van der Waals surface area (Å²) in [7, 11) is -4.38. The van der Waals surface area contributed by atoms with Gasteiger partial charge in [0.25, 0.3) is 10.1 Å². The van der Waals surface area contributed by atoms with Gasteiger partial charge in [0.1, 0.15) is 5.75 Å². The number of amides is 2. The van der Waals surface area contributed by atoms with Gasteiger partial charge >= 0.3 is 6.03 Å². The minimum Gasteiger partial charge on any atom is -0.327 e. The largest absolute Gasteiger partial charge is 0.327 e. The Kier molecular flexibility index (Phi) is 4.80. The van der Waals surface area contributed by atoms with E-state index in [0.717, 1.165) is 12.3 Å². The summed E-state index contributed by atoms with van der Waals surface area (Å²) in [5.74, 6) is -0.279. The average Bonchev–Trinajstić information content (AvgIpc) is 2.30. The summed E-state index contributed by atoms with van der Waals surface area (Å²) >= 11 is 0. The first-order chi connectivity index (χ1) is 8.83. The van der Waals surface area contributed by atoms with Gasteiger partial charge in [-0.2, -0.15) is 8.42 Å². The minimum absolute atomic E-state index is 0.0574. The Morgan fingerprint density at radius 3 is 2.84 bits per heavy atom. The molecule has 3 N–H and O–H groups in total. The molecule has 0 aromatic carbocycles. The summed E-state index contributed by atoms with van der Waals surface area (Å²) in [5, 5.41) is 4.28. The topological polar surface area (TPSA) is 108 Å². The molecule has 1 aromatic heterocycles. The standard InChI is InChI=1S/C10H10FN3O4S/c1-2-4-13-10(15)14-9-8(11)7(3-5-12-9)6-19(16,17)18/h1,3,5H,4,6H2,(H,16,17,18)(H2,12,13,14,15). The molecule has 7 nitrogen and oxygen atoms in total. The number of carbonyl (C=O) groups is 1. The first kappa shape index (κ1) is 14.9. The predicted molar refractivity (Wildman–Crippen MR) is 65.3 cm³/mol. The highest BCUT2D eigenvalue weighted by Crippen LogP contribution is 2.16. The third-order valence-corrected chi connectivity index (χ3v) is 2.57. The first-order valence-electron chi connectivity index (χ1n) is 4.90. The van der Waals surface area contributed by atoms with Crippen molar-refractivity contribution in [1.82, 2.24) is 10.3 Å². The molecule has 2 amide bonds. The Morgan fingerprint density at radius 2 is 2.26 bits per heavy atom. The third-order valence-electron chi connectivity index (χ3n) is 1.89. The van der Waals surface area contributed by atoms with Crippen molar-refractivity contribution < 1.29 is 22.2 Å². The van der Waals surface area contributed by atoms with Crippen molar-refractivity contribution in [3.63, 3.8) is 0 Å². The molecular weight excluding hydrogens is 277 g/mol. The van der Waals surface area contributed by atoms with Gasteiger partial charge in [0.05, 0.1) is 6.54 Å². The number of aromatic nitrogens is 1. The van der Waals surface area contributed by atoms with E-state index in [2.05, 4.69) is 21.5 Å². The lowest BCUT2D eigenvalue weighted by Crippen LogP contribution is -2.29. The maximum absolute atomic E-state index is 13.8. The summed E-state index contributed by atoms with van der Waals surface area (Å²) in [6.07, 6.45) is 6.01. The number of hydrogen-bond donors (Lipinski definition) is 3. The van der Waals surface area contributed by atoms with Gasteiger partial charge in [0.2, 0.25) is 0 Å². The van der Waals surface area contributed by atoms with Crippen molar-refractivity contribution in [3.05, 3.63) is 23.6 Å². The Bertz CT molecular complexity index is 624. The fourth-order valence-electron chi connectivity index (χ4n) is 1.16. The van der Waals surface area contributed by atoms with Gasteiger partial charge in [-0.25, -0.2) is 14.2 Å². The number of anilines is 1. The molecule has 1 rings (SSSR count). The molecule has 0 unspecified atom stereocenters. The van der Waals surface area contributed by atoms with Crippen molar-refractivity contribution >= 4 is 22.0 Å². The molecule has 1 aromatic rings. The van der Waals surface area contributed by atoms with Crippen LogP contribution < -0.4 is 10.6 Å². The highest BCUT2D eigenvalue weighted by Gasteiger charge is 2.16. The smallest absolute Gasteiger partial charge is 0.321 e. The first-order valence-corrected chi connectivity index (χ1v) is 6.51. The van der Waals surface area contributed by atoms with Gasteiger partial charge in [-0.3, -0.25) is 9.87 Å². The van der Waals surface area contributed by atoms with Crippen LogP contribution in [0.15, 0.2) is 12.3 Å². The lowest BCUT2D eigenvalue weighted by atomic mass is 10.3. The van der Waals surface area contributed by atoms with Crippen molar-refractivity contribution in [3.8, 4) is 12.3 Å². The molecule has 1 heterocycles. The molecule has 0 atom stereocenters. The highest BCUT2D eigenvalue weighted by molar-refractivity contribution is 7.85. The number of urea groups is 1. The summed E-state index contributed by atoms with van der Waals surface area (Å²) in [6, 6.07) is 0.293. The fourth-order valence-corrected chi connectivity index (χ4v) is 1.78.